The minimum atomic E-state index is 0.315. The molecule has 1 heteroatoms. The number of fused-ring (bicyclic) bond motifs is 1. The molecule has 0 radical (unpaired) electrons. The lowest BCUT2D eigenvalue weighted by molar-refractivity contribution is 0.331. The normalized spacial score (nSPS) is 19.7. The van der Waals surface area contributed by atoms with Gasteiger partial charge in [0.1, 0.15) is 0 Å². The van der Waals surface area contributed by atoms with Crippen LogP contribution in [0.2, 0.25) is 0 Å². The predicted octanol–water partition coefficient (Wildman–Crippen LogP) is 6.53. The van der Waals surface area contributed by atoms with Gasteiger partial charge in [-0.25, -0.2) is 0 Å². The highest BCUT2D eigenvalue weighted by Gasteiger charge is 2.37. The molecule has 20 heavy (non-hydrogen) atoms. The summed E-state index contributed by atoms with van der Waals surface area (Å²) in [7, 11) is 0. The summed E-state index contributed by atoms with van der Waals surface area (Å²) in [5.74, 6) is 0. The van der Waals surface area contributed by atoms with Crippen LogP contribution in [0.5, 0.6) is 0 Å². The number of halogens is 1. The second kappa shape index (κ2) is 5.83. The van der Waals surface area contributed by atoms with Crippen LogP contribution >= 0.6 is 15.9 Å². The van der Waals surface area contributed by atoms with Gasteiger partial charge in [-0.1, -0.05) is 69.5 Å². The Morgan fingerprint density at radius 1 is 0.950 bits per heavy atom. The lowest BCUT2D eigenvalue weighted by atomic mass is 9.63. The van der Waals surface area contributed by atoms with Crippen molar-refractivity contribution in [1.82, 2.24) is 0 Å². The van der Waals surface area contributed by atoms with Crippen LogP contribution < -0.4 is 0 Å². The molecule has 1 aliphatic rings. The molecule has 0 atom stereocenters. The Morgan fingerprint density at radius 3 is 2.05 bits per heavy atom. The molecule has 0 heterocycles. The van der Waals surface area contributed by atoms with Crippen molar-refractivity contribution in [3.8, 4) is 0 Å². The summed E-state index contributed by atoms with van der Waals surface area (Å²) in [6.07, 6.45) is 7.72. The van der Waals surface area contributed by atoms with Crippen LogP contribution in [0.3, 0.4) is 0 Å². The number of hydrogen-bond acceptors (Lipinski definition) is 0. The summed E-state index contributed by atoms with van der Waals surface area (Å²) >= 11 is 3.82. The SMILES string of the molecule is CCCCCc1cc2c(cc1Br)C(C)(C)CCC2(C)C. The van der Waals surface area contributed by atoms with Gasteiger partial charge in [-0.2, -0.15) is 0 Å². The van der Waals surface area contributed by atoms with Gasteiger partial charge in [0.2, 0.25) is 0 Å². The molecule has 0 aliphatic heterocycles. The molecule has 0 saturated carbocycles. The maximum absolute atomic E-state index is 3.82. The molecule has 112 valence electrons. The number of aryl methyl sites for hydroxylation is 1. The van der Waals surface area contributed by atoms with Gasteiger partial charge < -0.3 is 0 Å². The summed E-state index contributed by atoms with van der Waals surface area (Å²) < 4.78 is 1.32. The van der Waals surface area contributed by atoms with Crippen molar-refractivity contribution in [2.45, 2.75) is 84.0 Å². The van der Waals surface area contributed by atoms with Crippen molar-refractivity contribution in [2.75, 3.05) is 0 Å². The van der Waals surface area contributed by atoms with Crippen molar-refractivity contribution in [3.63, 3.8) is 0 Å². The molecule has 0 fully saturated rings. The fourth-order valence-corrected chi connectivity index (χ4v) is 3.93. The van der Waals surface area contributed by atoms with Crippen molar-refractivity contribution in [1.29, 1.82) is 0 Å². The third-order valence-corrected chi connectivity index (χ3v) is 5.81. The van der Waals surface area contributed by atoms with E-state index >= 15 is 0 Å². The number of benzene rings is 1. The predicted molar refractivity (Wildman–Crippen MR) is 92.7 cm³/mol. The molecule has 2 rings (SSSR count). The lowest BCUT2D eigenvalue weighted by Gasteiger charge is -2.42. The third-order valence-electron chi connectivity index (χ3n) is 5.07. The molecule has 0 nitrogen and oxygen atoms in total. The fourth-order valence-electron chi connectivity index (χ4n) is 3.39. The van der Waals surface area contributed by atoms with E-state index in [0.29, 0.717) is 10.8 Å². The first-order valence-electron chi connectivity index (χ1n) is 8.11. The Bertz CT molecular complexity index is 483. The molecule has 0 bridgehead atoms. The minimum absolute atomic E-state index is 0.315. The van der Waals surface area contributed by atoms with Crippen LogP contribution in [0.1, 0.15) is 83.4 Å². The van der Waals surface area contributed by atoms with E-state index in [4.69, 9.17) is 0 Å². The Hall–Kier alpha value is -0.300. The van der Waals surface area contributed by atoms with E-state index in [-0.39, 0.29) is 0 Å². The van der Waals surface area contributed by atoms with E-state index < -0.39 is 0 Å². The first-order chi connectivity index (χ1) is 9.28. The molecule has 0 unspecified atom stereocenters. The Morgan fingerprint density at radius 2 is 1.50 bits per heavy atom. The van der Waals surface area contributed by atoms with E-state index in [2.05, 4.69) is 62.7 Å². The van der Waals surface area contributed by atoms with Crippen LogP contribution in [0.4, 0.5) is 0 Å². The van der Waals surface area contributed by atoms with Crippen LogP contribution in [0.15, 0.2) is 16.6 Å². The zero-order valence-corrected chi connectivity index (χ0v) is 15.4. The Labute approximate surface area is 133 Å². The van der Waals surface area contributed by atoms with Crippen molar-refractivity contribution >= 4 is 15.9 Å². The smallest absolute Gasteiger partial charge is 0.0210 e. The Balaban J connectivity index is 2.41. The van der Waals surface area contributed by atoms with E-state index in [1.165, 1.54) is 48.6 Å². The average molecular weight is 337 g/mol. The summed E-state index contributed by atoms with van der Waals surface area (Å²) in [5.41, 5.74) is 5.28. The van der Waals surface area contributed by atoms with Gasteiger partial charge in [0.15, 0.2) is 0 Å². The zero-order chi connectivity index (χ0) is 15.0. The first kappa shape index (κ1) is 16.1. The summed E-state index contributed by atoms with van der Waals surface area (Å²) in [5, 5.41) is 0. The van der Waals surface area contributed by atoms with Crippen molar-refractivity contribution in [3.05, 3.63) is 33.3 Å². The minimum Gasteiger partial charge on any atom is -0.0654 e. The molecule has 0 amide bonds. The quantitative estimate of drug-likeness (QED) is 0.548. The topological polar surface area (TPSA) is 0 Å². The molecule has 0 spiro atoms. The maximum Gasteiger partial charge on any atom is 0.0210 e. The zero-order valence-electron chi connectivity index (χ0n) is 13.8. The van der Waals surface area contributed by atoms with Crippen LogP contribution in [-0.2, 0) is 17.3 Å². The number of rotatable bonds is 4. The van der Waals surface area contributed by atoms with Gasteiger partial charge >= 0.3 is 0 Å². The van der Waals surface area contributed by atoms with E-state index in [1.54, 1.807) is 11.1 Å². The van der Waals surface area contributed by atoms with Crippen LogP contribution in [-0.4, -0.2) is 0 Å². The Kier molecular flexibility index (Phi) is 4.69. The highest BCUT2D eigenvalue weighted by Crippen LogP contribution is 2.47. The standard InChI is InChI=1S/C19H29Br/c1-6-7-8-9-14-12-15-16(13-17(14)20)19(4,5)11-10-18(15,2)3/h12-13H,6-11H2,1-5H3. The molecular formula is C19H29Br. The molecule has 0 N–H and O–H groups in total. The first-order valence-corrected chi connectivity index (χ1v) is 8.90. The molecule has 1 aliphatic carbocycles. The van der Waals surface area contributed by atoms with Gasteiger partial charge in [0, 0.05) is 4.47 Å². The molecule has 1 aromatic carbocycles. The second-order valence-electron chi connectivity index (χ2n) is 7.71. The van der Waals surface area contributed by atoms with E-state index in [9.17, 15) is 0 Å². The van der Waals surface area contributed by atoms with Crippen molar-refractivity contribution in [2.24, 2.45) is 0 Å². The van der Waals surface area contributed by atoms with Crippen molar-refractivity contribution < 1.29 is 0 Å². The monoisotopic (exact) mass is 336 g/mol. The van der Waals surface area contributed by atoms with Crippen LogP contribution in [0, 0.1) is 0 Å². The van der Waals surface area contributed by atoms with E-state index in [1.807, 2.05) is 0 Å². The number of hydrogen-bond donors (Lipinski definition) is 0. The maximum atomic E-state index is 3.82. The molecule has 0 saturated heterocycles. The highest BCUT2D eigenvalue weighted by molar-refractivity contribution is 9.10. The third kappa shape index (κ3) is 3.13. The van der Waals surface area contributed by atoms with E-state index in [0.717, 1.165) is 0 Å². The average Bonchev–Trinajstić information content (AvgIpc) is 2.37. The fraction of sp³-hybridized carbons (Fsp3) is 0.684. The summed E-state index contributed by atoms with van der Waals surface area (Å²) in [6, 6.07) is 4.91. The summed E-state index contributed by atoms with van der Waals surface area (Å²) in [4.78, 5) is 0. The van der Waals surface area contributed by atoms with Gasteiger partial charge in [0.05, 0.1) is 0 Å². The van der Waals surface area contributed by atoms with Gasteiger partial charge in [-0.05, 0) is 59.3 Å². The summed E-state index contributed by atoms with van der Waals surface area (Å²) in [6.45, 7) is 11.9. The van der Waals surface area contributed by atoms with Crippen LogP contribution in [0.25, 0.3) is 0 Å². The number of unbranched alkanes of at least 4 members (excludes halogenated alkanes) is 2. The molecular weight excluding hydrogens is 308 g/mol. The second-order valence-corrected chi connectivity index (χ2v) is 8.57. The van der Waals surface area contributed by atoms with Gasteiger partial charge in [0.25, 0.3) is 0 Å². The highest BCUT2D eigenvalue weighted by atomic mass is 79.9. The van der Waals surface area contributed by atoms with Gasteiger partial charge in [-0.15, -0.1) is 0 Å². The lowest BCUT2D eigenvalue weighted by Crippen LogP contribution is -2.34. The van der Waals surface area contributed by atoms with Gasteiger partial charge in [-0.3, -0.25) is 0 Å². The molecule has 0 aromatic heterocycles. The largest absolute Gasteiger partial charge is 0.0654 e. The molecule has 1 aromatic rings.